The zero-order valence-corrected chi connectivity index (χ0v) is 12.8. The van der Waals surface area contributed by atoms with Gasteiger partial charge in [0.1, 0.15) is 0 Å². The van der Waals surface area contributed by atoms with Crippen LogP contribution in [0.15, 0.2) is 18.2 Å². The van der Waals surface area contributed by atoms with Gasteiger partial charge in [-0.05, 0) is 37.5 Å². The summed E-state index contributed by atoms with van der Waals surface area (Å²) in [5, 5.41) is 11.9. The second-order valence-corrected chi connectivity index (χ2v) is 6.05. The van der Waals surface area contributed by atoms with Crippen molar-refractivity contribution < 1.29 is 9.90 Å². The first kappa shape index (κ1) is 15.6. The number of hydrogen-bond acceptors (Lipinski definition) is 2. The standard InChI is InChI=1S/C18H23NO2/c1-14-8-9-15(7-3-6-12-20)16(13-14)19-17(21)18(2)10-4-5-11-18/h8-9,13,20H,4-6,10-12H2,1-2H3,(H,19,21). The molecule has 0 spiro atoms. The maximum Gasteiger partial charge on any atom is 0.230 e. The normalized spacial score (nSPS) is 16.1. The highest BCUT2D eigenvalue weighted by Gasteiger charge is 2.36. The zero-order chi connectivity index (χ0) is 15.3. The number of carbonyl (C=O) groups excluding carboxylic acids is 1. The fourth-order valence-electron chi connectivity index (χ4n) is 2.74. The van der Waals surface area contributed by atoms with E-state index in [1.54, 1.807) is 0 Å². The number of carbonyl (C=O) groups is 1. The van der Waals surface area contributed by atoms with Gasteiger partial charge in [0.2, 0.25) is 5.91 Å². The van der Waals surface area contributed by atoms with Crippen molar-refractivity contribution in [2.24, 2.45) is 5.41 Å². The van der Waals surface area contributed by atoms with Gasteiger partial charge < -0.3 is 10.4 Å². The lowest BCUT2D eigenvalue weighted by atomic mass is 9.87. The van der Waals surface area contributed by atoms with Gasteiger partial charge in [-0.25, -0.2) is 0 Å². The highest BCUT2D eigenvalue weighted by atomic mass is 16.2. The third-order valence-corrected chi connectivity index (χ3v) is 4.14. The van der Waals surface area contributed by atoms with Crippen molar-refractivity contribution in [3.8, 4) is 11.8 Å². The van der Waals surface area contributed by atoms with E-state index < -0.39 is 0 Å². The highest BCUT2D eigenvalue weighted by molar-refractivity contribution is 5.96. The molecule has 1 aromatic rings. The molecule has 1 saturated carbocycles. The maximum absolute atomic E-state index is 12.5. The van der Waals surface area contributed by atoms with Gasteiger partial charge in [-0.2, -0.15) is 0 Å². The molecule has 1 aliphatic rings. The number of amides is 1. The smallest absolute Gasteiger partial charge is 0.230 e. The molecule has 0 saturated heterocycles. The van der Waals surface area contributed by atoms with Crippen LogP contribution in [0, 0.1) is 24.2 Å². The number of benzene rings is 1. The molecule has 3 heteroatoms. The zero-order valence-electron chi connectivity index (χ0n) is 12.8. The van der Waals surface area contributed by atoms with Crippen LogP contribution >= 0.6 is 0 Å². The first-order chi connectivity index (χ1) is 10.0. The second kappa shape index (κ2) is 6.78. The molecule has 1 aromatic carbocycles. The van der Waals surface area contributed by atoms with Crippen molar-refractivity contribution in [1.29, 1.82) is 0 Å². The van der Waals surface area contributed by atoms with Crippen molar-refractivity contribution in [3.05, 3.63) is 29.3 Å². The molecule has 112 valence electrons. The van der Waals surface area contributed by atoms with Gasteiger partial charge in [-0.3, -0.25) is 4.79 Å². The Kier molecular flexibility index (Phi) is 5.03. The Morgan fingerprint density at radius 2 is 2.10 bits per heavy atom. The molecule has 0 heterocycles. The first-order valence-electron chi connectivity index (χ1n) is 7.57. The number of aryl methyl sites for hydroxylation is 1. The Bertz CT molecular complexity index is 575. The summed E-state index contributed by atoms with van der Waals surface area (Å²) in [6.45, 7) is 4.10. The van der Waals surface area contributed by atoms with E-state index >= 15 is 0 Å². The summed E-state index contributed by atoms with van der Waals surface area (Å²) in [7, 11) is 0. The van der Waals surface area contributed by atoms with E-state index in [9.17, 15) is 4.79 Å². The average Bonchev–Trinajstić information content (AvgIpc) is 2.90. The fourth-order valence-corrected chi connectivity index (χ4v) is 2.74. The monoisotopic (exact) mass is 285 g/mol. The number of aliphatic hydroxyl groups is 1. The molecule has 1 fully saturated rings. The van der Waals surface area contributed by atoms with E-state index in [0.29, 0.717) is 6.42 Å². The molecule has 2 N–H and O–H groups in total. The lowest BCUT2D eigenvalue weighted by Gasteiger charge is -2.22. The van der Waals surface area contributed by atoms with Gasteiger partial charge in [0, 0.05) is 17.4 Å². The van der Waals surface area contributed by atoms with Crippen molar-refractivity contribution in [1.82, 2.24) is 0 Å². The van der Waals surface area contributed by atoms with Crippen LogP contribution in [0.1, 0.15) is 50.2 Å². The molecule has 0 aromatic heterocycles. The van der Waals surface area contributed by atoms with Gasteiger partial charge in [-0.1, -0.05) is 37.7 Å². The molecule has 0 unspecified atom stereocenters. The lowest BCUT2D eigenvalue weighted by molar-refractivity contribution is -0.124. The molecular weight excluding hydrogens is 262 g/mol. The summed E-state index contributed by atoms with van der Waals surface area (Å²) in [6.07, 6.45) is 4.60. The summed E-state index contributed by atoms with van der Waals surface area (Å²) < 4.78 is 0. The third kappa shape index (κ3) is 3.86. The third-order valence-electron chi connectivity index (χ3n) is 4.14. The van der Waals surface area contributed by atoms with Crippen molar-refractivity contribution >= 4 is 11.6 Å². The molecule has 1 aliphatic carbocycles. The van der Waals surface area contributed by atoms with Crippen LogP contribution in [0.25, 0.3) is 0 Å². The fraction of sp³-hybridized carbons (Fsp3) is 0.500. The number of nitrogens with one attached hydrogen (secondary N) is 1. The molecule has 2 rings (SSSR count). The average molecular weight is 285 g/mol. The predicted molar refractivity (Wildman–Crippen MR) is 85.0 cm³/mol. The Hall–Kier alpha value is -1.79. The van der Waals surface area contributed by atoms with Crippen LogP contribution in [-0.4, -0.2) is 17.6 Å². The maximum atomic E-state index is 12.5. The molecule has 0 bridgehead atoms. The van der Waals surface area contributed by atoms with Gasteiger partial charge in [0.05, 0.1) is 12.3 Å². The van der Waals surface area contributed by atoms with Gasteiger partial charge in [-0.15, -0.1) is 0 Å². The minimum Gasteiger partial charge on any atom is -0.395 e. The second-order valence-electron chi connectivity index (χ2n) is 6.05. The molecule has 3 nitrogen and oxygen atoms in total. The van der Waals surface area contributed by atoms with Gasteiger partial charge in [0.15, 0.2) is 0 Å². The Balaban J connectivity index is 2.20. The Morgan fingerprint density at radius 1 is 1.38 bits per heavy atom. The molecule has 0 radical (unpaired) electrons. The van der Waals surface area contributed by atoms with E-state index in [0.717, 1.165) is 42.5 Å². The lowest BCUT2D eigenvalue weighted by Crippen LogP contribution is -2.31. The largest absolute Gasteiger partial charge is 0.395 e. The van der Waals surface area contributed by atoms with Crippen LogP contribution < -0.4 is 5.32 Å². The van der Waals surface area contributed by atoms with E-state index in [1.807, 2.05) is 32.0 Å². The quantitative estimate of drug-likeness (QED) is 0.838. The van der Waals surface area contributed by atoms with Crippen LogP contribution in [0.2, 0.25) is 0 Å². The summed E-state index contributed by atoms with van der Waals surface area (Å²) in [5.74, 6) is 6.03. The van der Waals surface area contributed by atoms with E-state index in [-0.39, 0.29) is 17.9 Å². The summed E-state index contributed by atoms with van der Waals surface area (Å²) >= 11 is 0. The van der Waals surface area contributed by atoms with Crippen molar-refractivity contribution in [2.45, 2.75) is 46.0 Å². The molecule has 21 heavy (non-hydrogen) atoms. The molecule has 1 amide bonds. The molecular formula is C18H23NO2. The number of anilines is 1. The minimum atomic E-state index is -0.250. The van der Waals surface area contributed by atoms with E-state index in [4.69, 9.17) is 5.11 Å². The van der Waals surface area contributed by atoms with Crippen LogP contribution in [0.4, 0.5) is 5.69 Å². The number of rotatable bonds is 3. The van der Waals surface area contributed by atoms with Crippen molar-refractivity contribution in [3.63, 3.8) is 0 Å². The predicted octanol–water partition coefficient (Wildman–Crippen LogP) is 3.25. The molecule has 0 aliphatic heterocycles. The van der Waals surface area contributed by atoms with Crippen molar-refractivity contribution in [2.75, 3.05) is 11.9 Å². The van der Waals surface area contributed by atoms with Gasteiger partial charge in [0.25, 0.3) is 0 Å². The summed E-state index contributed by atoms with van der Waals surface area (Å²) in [6, 6.07) is 5.86. The Morgan fingerprint density at radius 3 is 2.76 bits per heavy atom. The van der Waals surface area contributed by atoms with E-state index in [2.05, 4.69) is 17.2 Å². The van der Waals surface area contributed by atoms with E-state index in [1.165, 1.54) is 0 Å². The summed E-state index contributed by atoms with van der Waals surface area (Å²) in [4.78, 5) is 12.5. The number of aliphatic hydroxyl groups excluding tert-OH is 1. The van der Waals surface area contributed by atoms with Crippen LogP contribution in [0.3, 0.4) is 0 Å². The SMILES string of the molecule is Cc1ccc(C#CCCO)c(NC(=O)C2(C)CCCC2)c1. The minimum absolute atomic E-state index is 0.0542. The highest BCUT2D eigenvalue weighted by Crippen LogP contribution is 2.38. The number of hydrogen-bond donors (Lipinski definition) is 2. The van der Waals surface area contributed by atoms with Gasteiger partial charge >= 0.3 is 0 Å². The first-order valence-corrected chi connectivity index (χ1v) is 7.57. The topological polar surface area (TPSA) is 49.3 Å². The molecule has 0 atom stereocenters. The van der Waals surface area contributed by atoms with Crippen LogP contribution in [0.5, 0.6) is 0 Å². The Labute approximate surface area is 126 Å². The van der Waals surface area contributed by atoms with Crippen LogP contribution in [-0.2, 0) is 4.79 Å². The summed E-state index contributed by atoms with van der Waals surface area (Å²) in [5.41, 5.74) is 2.43.